The van der Waals surface area contributed by atoms with Crippen LogP contribution in [0.2, 0.25) is 0 Å². The number of ether oxygens (including phenoxy) is 1. The number of methoxy groups -OCH3 is 1. The third-order valence-electron chi connectivity index (χ3n) is 7.22. The first-order valence-electron chi connectivity index (χ1n) is 13.4. The molecule has 1 unspecified atom stereocenters. The molecule has 0 radical (unpaired) electrons. The molecule has 0 saturated carbocycles. The average Bonchev–Trinajstić information content (AvgIpc) is 3.27. The Morgan fingerprint density at radius 3 is 2.58 bits per heavy atom. The fourth-order valence-electron chi connectivity index (χ4n) is 5.05. The van der Waals surface area contributed by atoms with Crippen molar-refractivity contribution in [2.75, 3.05) is 37.5 Å². The summed E-state index contributed by atoms with van der Waals surface area (Å²) in [5, 5.41) is 7.92. The number of amides is 2. The maximum absolute atomic E-state index is 13.8. The Kier molecular flexibility index (Phi) is 8.38. The highest BCUT2D eigenvalue weighted by molar-refractivity contribution is 8.00. The van der Waals surface area contributed by atoms with Gasteiger partial charge in [0.05, 0.1) is 29.0 Å². The van der Waals surface area contributed by atoms with Crippen LogP contribution in [0.25, 0.3) is 16.9 Å². The number of carbonyl (C=O) groups excluding carboxylic acids is 2. The van der Waals surface area contributed by atoms with Crippen LogP contribution >= 0.6 is 11.8 Å². The summed E-state index contributed by atoms with van der Waals surface area (Å²) in [5.74, 6) is 0.496. The summed E-state index contributed by atoms with van der Waals surface area (Å²) in [7, 11) is 1.59. The maximum Gasteiger partial charge on any atom is 0.240 e. The number of fused-ring (bicyclic) bond motifs is 1. The largest absolute Gasteiger partial charge is 0.383 e. The molecule has 4 aromatic rings. The van der Waals surface area contributed by atoms with Gasteiger partial charge in [-0.25, -0.2) is 4.68 Å². The van der Waals surface area contributed by atoms with E-state index in [-0.39, 0.29) is 29.4 Å². The average molecular weight is 555 g/mol. The third kappa shape index (κ3) is 5.55. The van der Waals surface area contributed by atoms with Crippen molar-refractivity contribution in [3.63, 3.8) is 0 Å². The van der Waals surface area contributed by atoms with Crippen LogP contribution in [0.15, 0.2) is 72.8 Å². The Morgan fingerprint density at radius 1 is 1.05 bits per heavy atom. The van der Waals surface area contributed by atoms with Crippen LogP contribution in [0.3, 0.4) is 0 Å². The van der Waals surface area contributed by atoms with E-state index in [4.69, 9.17) is 9.84 Å². The van der Waals surface area contributed by atoms with E-state index in [1.54, 1.807) is 23.8 Å². The molecule has 8 heteroatoms. The first kappa shape index (κ1) is 27.7. The lowest BCUT2D eigenvalue weighted by Gasteiger charge is -2.24. The number of nitrogens with one attached hydrogen (secondary N) is 1. The number of aromatic nitrogens is 2. The summed E-state index contributed by atoms with van der Waals surface area (Å²) in [6.45, 7) is 6.86. The number of carbonyl (C=O) groups is 2. The molecular formula is C32H34N4O3S. The number of thioether (sulfide) groups is 1. The van der Waals surface area contributed by atoms with Gasteiger partial charge < -0.3 is 10.1 Å². The molecular weight excluding hydrogens is 520 g/mol. The molecule has 206 valence electrons. The molecule has 1 aliphatic heterocycles. The molecule has 1 N–H and O–H groups in total. The van der Waals surface area contributed by atoms with Crippen molar-refractivity contribution in [1.82, 2.24) is 15.1 Å². The molecule has 0 fully saturated rings. The number of hydrogen-bond acceptors (Lipinski definition) is 5. The van der Waals surface area contributed by atoms with Gasteiger partial charge in [-0.05, 0) is 43.5 Å². The number of aryl methyl sites for hydroxylation is 2. The molecule has 0 bridgehead atoms. The van der Waals surface area contributed by atoms with Crippen LogP contribution in [-0.4, -0.2) is 54.2 Å². The minimum absolute atomic E-state index is 0.110. The van der Waals surface area contributed by atoms with Crippen molar-refractivity contribution in [3.8, 4) is 16.9 Å². The van der Waals surface area contributed by atoms with Crippen LogP contribution in [-0.2, 0) is 14.3 Å². The molecule has 7 nitrogen and oxygen atoms in total. The van der Waals surface area contributed by atoms with Crippen molar-refractivity contribution in [1.29, 1.82) is 0 Å². The van der Waals surface area contributed by atoms with Gasteiger partial charge in [0.2, 0.25) is 11.8 Å². The first-order chi connectivity index (χ1) is 19.4. The van der Waals surface area contributed by atoms with Gasteiger partial charge in [0, 0.05) is 24.8 Å². The zero-order chi connectivity index (χ0) is 28.2. The van der Waals surface area contributed by atoms with Crippen LogP contribution < -0.4 is 10.2 Å². The predicted molar refractivity (Wildman–Crippen MR) is 161 cm³/mol. The molecule has 1 atom stereocenters. The highest BCUT2D eigenvalue weighted by Gasteiger charge is 2.38. The van der Waals surface area contributed by atoms with Gasteiger partial charge in [0.1, 0.15) is 12.4 Å². The van der Waals surface area contributed by atoms with E-state index in [0.717, 1.165) is 44.8 Å². The van der Waals surface area contributed by atoms with Crippen LogP contribution in [0.5, 0.6) is 0 Å². The quantitative estimate of drug-likeness (QED) is 0.295. The van der Waals surface area contributed by atoms with Gasteiger partial charge in [-0.2, -0.15) is 5.10 Å². The molecule has 40 heavy (non-hydrogen) atoms. The monoisotopic (exact) mass is 554 g/mol. The summed E-state index contributed by atoms with van der Waals surface area (Å²) >= 11 is 1.58. The lowest BCUT2D eigenvalue weighted by atomic mass is 9.98. The van der Waals surface area contributed by atoms with Crippen molar-refractivity contribution < 1.29 is 14.3 Å². The molecule has 3 aromatic carbocycles. The van der Waals surface area contributed by atoms with Crippen LogP contribution in [0.4, 0.5) is 5.82 Å². The Labute approximate surface area is 239 Å². The molecule has 0 saturated heterocycles. The first-order valence-corrected chi connectivity index (χ1v) is 14.4. The second-order valence-electron chi connectivity index (χ2n) is 10.0. The lowest BCUT2D eigenvalue weighted by molar-refractivity contribution is -0.123. The van der Waals surface area contributed by atoms with E-state index in [9.17, 15) is 9.59 Å². The maximum atomic E-state index is 13.8. The smallest absolute Gasteiger partial charge is 0.240 e. The van der Waals surface area contributed by atoms with Crippen molar-refractivity contribution >= 4 is 29.4 Å². The van der Waals surface area contributed by atoms with E-state index < -0.39 is 0 Å². The minimum Gasteiger partial charge on any atom is -0.383 e. The Morgan fingerprint density at radius 2 is 1.82 bits per heavy atom. The summed E-state index contributed by atoms with van der Waals surface area (Å²) in [4.78, 5) is 28.5. The van der Waals surface area contributed by atoms with Crippen molar-refractivity contribution in [2.45, 2.75) is 26.0 Å². The summed E-state index contributed by atoms with van der Waals surface area (Å²) < 4.78 is 6.96. The van der Waals surface area contributed by atoms with Gasteiger partial charge in [-0.3, -0.25) is 14.5 Å². The van der Waals surface area contributed by atoms with Gasteiger partial charge in [-0.1, -0.05) is 72.3 Å². The van der Waals surface area contributed by atoms with E-state index in [1.807, 2.05) is 47.1 Å². The second-order valence-corrected chi connectivity index (χ2v) is 11.1. The van der Waals surface area contributed by atoms with E-state index in [2.05, 4.69) is 56.4 Å². The summed E-state index contributed by atoms with van der Waals surface area (Å²) in [6, 6.07) is 24.6. The standard InChI is InChI=1S/C32H34N4O3S/c1-21-10-8-14-25(18-21)31-29-30(24-12-6-5-7-13-24)34-36(26-15-9-11-22(2)23(26)3)32(29)35(28(38)20-40-31)19-27(37)33-16-17-39-4/h5-15,18,31H,16-17,19-20H2,1-4H3,(H,33,37). The SMILES string of the molecule is COCCNC(=O)CN1C(=O)CSC(c2cccc(C)c2)c2c(-c3ccccc3)nn(-c3cccc(C)c3C)c21. The lowest BCUT2D eigenvalue weighted by Crippen LogP contribution is -2.43. The van der Waals surface area contributed by atoms with Crippen LogP contribution in [0.1, 0.15) is 33.1 Å². The topological polar surface area (TPSA) is 76.5 Å². The number of hydrogen-bond donors (Lipinski definition) is 1. The molecule has 0 aliphatic carbocycles. The Hall–Kier alpha value is -3.88. The highest BCUT2D eigenvalue weighted by atomic mass is 32.2. The number of rotatable bonds is 8. The Bertz CT molecular complexity index is 1530. The molecule has 1 aliphatic rings. The van der Waals surface area contributed by atoms with E-state index in [0.29, 0.717) is 19.0 Å². The fourth-order valence-corrected chi connectivity index (χ4v) is 6.24. The minimum atomic E-state index is -0.245. The zero-order valence-corrected chi connectivity index (χ0v) is 24.1. The zero-order valence-electron chi connectivity index (χ0n) is 23.3. The number of anilines is 1. The van der Waals surface area contributed by atoms with Crippen molar-refractivity contribution in [3.05, 3.63) is 101 Å². The van der Waals surface area contributed by atoms with Crippen LogP contribution in [0, 0.1) is 20.8 Å². The molecule has 0 spiro atoms. The highest BCUT2D eigenvalue weighted by Crippen LogP contribution is 2.48. The van der Waals surface area contributed by atoms with Gasteiger partial charge in [0.25, 0.3) is 0 Å². The van der Waals surface area contributed by atoms with E-state index in [1.165, 1.54) is 0 Å². The third-order valence-corrected chi connectivity index (χ3v) is 8.47. The summed E-state index contributed by atoms with van der Waals surface area (Å²) in [6.07, 6.45) is 0. The molecule has 2 heterocycles. The predicted octanol–water partition coefficient (Wildman–Crippen LogP) is 5.40. The summed E-state index contributed by atoms with van der Waals surface area (Å²) in [5.41, 5.74) is 8.00. The van der Waals surface area contributed by atoms with Gasteiger partial charge in [-0.15, -0.1) is 11.8 Å². The number of benzene rings is 3. The molecule has 1 aromatic heterocycles. The van der Waals surface area contributed by atoms with Gasteiger partial charge >= 0.3 is 0 Å². The molecule has 5 rings (SSSR count). The Balaban J connectivity index is 1.78. The number of nitrogens with zero attached hydrogens (tertiary/aromatic N) is 3. The fraction of sp³-hybridized carbons (Fsp3) is 0.281. The second kappa shape index (κ2) is 12.1. The van der Waals surface area contributed by atoms with Crippen molar-refractivity contribution in [2.24, 2.45) is 0 Å². The van der Waals surface area contributed by atoms with E-state index >= 15 is 0 Å². The normalized spacial score (nSPS) is 15.1. The van der Waals surface area contributed by atoms with Gasteiger partial charge in [0.15, 0.2) is 0 Å². The molecule has 2 amide bonds.